The zero-order chi connectivity index (χ0) is 22.1. The van der Waals surface area contributed by atoms with Crippen LogP contribution in [0.1, 0.15) is 18.1 Å². The molecule has 0 radical (unpaired) electrons. The van der Waals surface area contributed by atoms with Crippen LogP contribution in [0.15, 0.2) is 36.4 Å². The molecule has 0 aromatic heterocycles. The Hall–Kier alpha value is -2.91. The normalized spacial score (nSPS) is 19.1. The van der Waals surface area contributed by atoms with Crippen LogP contribution in [0.25, 0.3) is 0 Å². The predicted octanol–water partition coefficient (Wildman–Crippen LogP) is 2.27. The Morgan fingerprint density at radius 2 is 1.83 bits per heavy atom. The Kier molecular flexibility index (Phi) is 6.14. The van der Waals surface area contributed by atoms with Crippen LogP contribution in [0.5, 0.6) is 0 Å². The summed E-state index contributed by atoms with van der Waals surface area (Å²) >= 11 is 0. The van der Waals surface area contributed by atoms with E-state index in [1.54, 1.807) is 6.92 Å². The summed E-state index contributed by atoms with van der Waals surface area (Å²) in [5.74, 6) is -4.54. The van der Waals surface area contributed by atoms with Gasteiger partial charge in [-0.05, 0) is 36.8 Å². The molecule has 2 aromatic rings. The van der Waals surface area contributed by atoms with Crippen LogP contribution < -0.4 is 10.6 Å². The van der Waals surface area contributed by atoms with Crippen LogP contribution in [0.4, 0.5) is 18.9 Å². The van der Waals surface area contributed by atoms with Gasteiger partial charge in [-0.25, -0.2) is 13.2 Å². The number of amides is 2. The molecule has 0 bridgehead atoms. The molecular formula is C21H21F3N2O4. The molecule has 0 saturated carbocycles. The van der Waals surface area contributed by atoms with E-state index in [2.05, 4.69) is 0 Å². The number of nitrogens with zero attached hydrogens (tertiary/aromatic N) is 1. The van der Waals surface area contributed by atoms with Gasteiger partial charge in [0.05, 0.1) is 25.0 Å². The standard InChI is InChI=1S/C21H21F3N2O4/c1-12(10-29-2)30-11-21(13-3-5-14(22)6-4-13)18-16(8-7-15(23)19(18)24)26(20(21)28)9-17(25)27/h3-8,12H,9-11H2,1-2H3,(H2,25,27)/t12-,21+/m0/s1. The van der Waals surface area contributed by atoms with Crippen LogP contribution in [0, 0.1) is 17.5 Å². The molecule has 2 atom stereocenters. The van der Waals surface area contributed by atoms with Gasteiger partial charge in [0.1, 0.15) is 17.8 Å². The second-order valence-electron chi connectivity index (χ2n) is 7.10. The van der Waals surface area contributed by atoms with Crippen LogP contribution in [-0.4, -0.2) is 44.8 Å². The molecule has 0 aliphatic carbocycles. The van der Waals surface area contributed by atoms with Crippen molar-refractivity contribution in [3.63, 3.8) is 0 Å². The number of carbonyl (C=O) groups excluding carboxylic acids is 2. The van der Waals surface area contributed by atoms with E-state index in [1.807, 2.05) is 0 Å². The molecule has 0 unspecified atom stereocenters. The lowest BCUT2D eigenvalue weighted by Crippen LogP contribution is -2.47. The van der Waals surface area contributed by atoms with Crippen molar-refractivity contribution in [2.75, 3.05) is 31.8 Å². The first kappa shape index (κ1) is 21.8. The van der Waals surface area contributed by atoms with Crippen molar-refractivity contribution in [1.29, 1.82) is 0 Å². The first-order chi connectivity index (χ1) is 14.2. The SMILES string of the molecule is COC[C@H](C)OC[C@]1(c2ccc(F)cc2)C(=O)N(CC(N)=O)c2ccc(F)c(F)c21. The van der Waals surface area contributed by atoms with Gasteiger partial charge in [0, 0.05) is 12.7 Å². The van der Waals surface area contributed by atoms with Gasteiger partial charge in [-0.15, -0.1) is 0 Å². The third kappa shape index (κ3) is 3.66. The fourth-order valence-electron chi connectivity index (χ4n) is 3.70. The van der Waals surface area contributed by atoms with E-state index in [4.69, 9.17) is 15.2 Å². The lowest BCUT2D eigenvalue weighted by atomic mass is 9.75. The highest BCUT2D eigenvalue weighted by molar-refractivity contribution is 6.12. The number of fused-ring (bicyclic) bond motifs is 1. The molecule has 6 nitrogen and oxygen atoms in total. The number of primary amides is 1. The van der Waals surface area contributed by atoms with E-state index in [0.29, 0.717) is 0 Å². The van der Waals surface area contributed by atoms with Crippen LogP contribution >= 0.6 is 0 Å². The van der Waals surface area contributed by atoms with Gasteiger partial charge >= 0.3 is 0 Å². The van der Waals surface area contributed by atoms with E-state index < -0.39 is 47.3 Å². The summed E-state index contributed by atoms with van der Waals surface area (Å²) in [5, 5.41) is 0. The quantitative estimate of drug-likeness (QED) is 0.708. The average molecular weight is 422 g/mol. The largest absolute Gasteiger partial charge is 0.382 e. The van der Waals surface area contributed by atoms with Gasteiger partial charge in [-0.2, -0.15) is 0 Å². The Labute approximate surface area is 171 Å². The van der Waals surface area contributed by atoms with Crippen LogP contribution in [0.3, 0.4) is 0 Å². The summed E-state index contributed by atoms with van der Waals surface area (Å²) in [7, 11) is 1.47. The molecule has 1 aliphatic heterocycles. The topological polar surface area (TPSA) is 81.9 Å². The molecule has 30 heavy (non-hydrogen) atoms. The second-order valence-corrected chi connectivity index (χ2v) is 7.10. The van der Waals surface area contributed by atoms with Crippen molar-refractivity contribution in [2.45, 2.75) is 18.4 Å². The van der Waals surface area contributed by atoms with Gasteiger partial charge in [-0.3, -0.25) is 9.59 Å². The van der Waals surface area contributed by atoms with Crippen LogP contribution in [0.2, 0.25) is 0 Å². The zero-order valence-corrected chi connectivity index (χ0v) is 16.5. The molecule has 9 heteroatoms. The van der Waals surface area contributed by atoms with Gasteiger partial charge in [0.15, 0.2) is 11.6 Å². The summed E-state index contributed by atoms with van der Waals surface area (Å²) in [6.07, 6.45) is -0.481. The minimum absolute atomic E-state index is 0.00465. The molecule has 0 fully saturated rings. The van der Waals surface area contributed by atoms with Crippen molar-refractivity contribution in [3.05, 3.63) is 65.0 Å². The zero-order valence-electron chi connectivity index (χ0n) is 16.5. The van der Waals surface area contributed by atoms with Crippen molar-refractivity contribution in [3.8, 4) is 0 Å². The highest BCUT2D eigenvalue weighted by atomic mass is 19.2. The maximum absolute atomic E-state index is 15.1. The van der Waals surface area contributed by atoms with Crippen molar-refractivity contribution in [2.24, 2.45) is 5.73 Å². The fraction of sp³-hybridized carbons (Fsp3) is 0.333. The monoisotopic (exact) mass is 422 g/mol. The molecular weight excluding hydrogens is 401 g/mol. The smallest absolute Gasteiger partial charge is 0.245 e. The third-order valence-electron chi connectivity index (χ3n) is 5.04. The van der Waals surface area contributed by atoms with E-state index in [1.165, 1.54) is 25.3 Å². The Balaban J connectivity index is 2.24. The lowest BCUT2D eigenvalue weighted by molar-refractivity contribution is -0.127. The summed E-state index contributed by atoms with van der Waals surface area (Å²) in [5.41, 5.74) is 3.34. The summed E-state index contributed by atoms with van der Waals surface area (Å²) in [6, 6.07) is 6.90. The fourth-order valence-corrected chi connectivity index (χ4v) is 3.70. The molecule has 2 N–H and O–H groups in total. The Morgan fingerprint density at radius 3 is 2.43 bits per heavy atom. The number of carbonyl (C=O) groups is 2. The highest BCUT2D eigenvalue weighted by Crippen LogP contribution is 2.48. The second kappa shape index (κ2) is 8.45. The molecule has 0 saturated heterocycles. The minimum atomic E-state index is -1.84. The maximum Gasteiger partial charge on any atom is 0.245 e. The number of benzene rings is 2. The van der Waals surface area contributed by atoms with E-state index in [0.717, 1.165) is 23.1 Å². The van der Waals surface area contributed by atoms with Crippen molar-refractivity contribution >= 4 is 17.5 Å². The average Bonchev–Trinajstić information content (AvgIpc) is 2.93. The number of ether oxygens (including phenoxy) is 2. The number of halogens is 3. The number of hydrogen-bond acceptors (Lipinski definition) is 4. The van der Waals surface area contributed by atoms with Gasteiger partial charge in [0.2, 0.25) is 11.8 Å². The van der Waals surface area contributed by atoms with Crippen molar-refractivity contribution < 1.29 is 32.2 Å². The molecule has 3 rings (SSSR count). The van der Waals surface area contributed by atoms with Gasteiger partial charge < -0.3 is 20.1 Å². The number of nitrogens with two attached hydrogens (primary N) is 1. The van der Waals surface area contributed by atoms with Gasteiger partial charge in [-0.1, -0.05) is 12.1 Å². The summed E-state index contributed by atoms with van der Waals surface area (Å²) in [6.45, 7) is 0.959. The number of hydrogen-bond donors (Lipinski definition) is 1. The van der Waals surface area contributed by atoms with Gasteiger partial charge in [0.25, 0.3) is 0 Å². The molecule has 2 aromatic carbocycles. The van der Waals surface area contributed by atoms with Crippen molar-refractivity contribution in [1.82, 2.24) is 0 Å². The highest BCUT2D eigenvalue weighted by Gasteiger charge is 2.55. The first-order valence-electron chi connectivity index (χ1n) is 9.17. The van der Waals surface area contributed by atoms with E-state index >= 15 is 4.39 Å². The molecule has 1 aliphatic rings. The molecule has 0 spiro atoms. The number of rotatable bonds is 8. The van der Waals surface area contributed by atoms with Crippen LogP contribution in [-0.2, 0) is 24.5 Å². The lowest BCUT2D eigenvalue weighted by Gasteiger charge is -2.30. The summed E-state index contributed by atoms with van der Waals surface area (Å²) < 4.78 is 53.6. The first-order valence-corrected chi connectivity index (χ1v) is 9.17. The molecule has 160 valence electrons. The van der Waals surface area contributed by atoms with E-state index in [-0.39, 0.29) is 30.0 Å². The predicted molar refractivity (Wildman–Crippen MR) is 102 cm³/mol. The third-order valence-corrected chi connectivity index (χ3v) is 5.04. The Morgan fingerprint density at radius 1 is 1.17 bits per heavy atom. The minimum Gasteiger partial charge on any atom is -0.382 e. The number of methoxy groups -OCH3 is 1. The summed E-state index contributed by atoms with van der Waals surface area (Å²) in [4.78, 5) is 26.1. The van der Waals surface area contributed by atoms with E-state index in [9.17, 15) is 18.4 Å². The number of anilines is 1. The molecule has 1 heterocycles. The maximum atomic E-state index is 15.1. The Bertz CT molecular complexity index is 967. The molecule has 2 amide bonds.